The average molecular weight is 405 g/mol. The lowest BCUT2D eigenvalue weighted by molar-refractivity contribution is 0.264. The second kappa shape index (κ2) is 8.79. The smallest absolute Gasteiger partial charge is 0.141 e. The maximum Gasteiger partial charge on any atom is 0.141 e. The van der Waals surface area contributed by atoms with Gasteiger partial charge in [-0.25, -0.2) is 4.98 Å². The predicted octanol–water partition coefficient (Wildman–Crippen LogP) is 7.37. The molecule has 2 aliphatic rings. The van der Waals surface area contributed by atoms with E-state index in [1.807, 2.05) is 31.8 Å². The van der Waals surface area contributed by atoms with Gasteiger partial charge in [-0.2, -0.15) is 0 Å². The van der Waals surface area contributed by atoms with Crippen molar-refractivity contribution >= 4 is 11.8 Å². The van der Waals surface area contributed by atoms with Gasteiger partial charge in [0, 0.05) is 22.9 Å². The summed E-state index contributed by atoms with van der Waals surface area (Å²) in [6.45, 7) is 4.00. The summed E-state index contributed by atoms with van der Waals surface area (Å²) in [4.78, 5) is 6.07. The molecule has 1 aliphatic heterocycles. The number of benzene rings is 2. The number of hydrogen-bond acceptors (Lipinski definition) is 2. The van der Waals surface area contributed by atoms with Crippen molar-refractivity contribution in [3.05, 3.63) is 72.1 Å². The van der Waals surface area contributed by atoms with Crippen LogP contribution < -0.4 is 0 Å². The van der Waals surface area contributed by atoms with Gasteiger partial charge < -0.3 is 4.57 Å². The Hall–Kier alpha value is -2.00. The zero-order chi connectivity index (χ0) is 20.3. The lowest BCUT2D eigenvalue weighted by Crippen LogP contribution is -2.36. The molecule has 1 saturated carbocycles. The molecule has 29 heavy (non-hydrogen) atoms. The molecule has 2 aromatic carbocycles. The minimum Gasteiger partial charge on any atom is -0.317 e. The summed E-state index contributed by atoms with van der Waals surface area (Å²) in [6, 6.07) is 18.2. The van der Waals surface area contributed by atoms with E-state index in [1.165, 1.54) is 60.1 Å². The van der Waals surface area contributed by atoms with E-state index in [-0.39, 0.29) is 5.54 Å². The van der Waals surface area contributed by atoms with Crippen LogP contribution in [-0.2, 0) is 5.54 Å². The van der Waals surface area contributed by atoms with Crippen molar-refractivity contribution in [3.63, 3.8) is 0 Å². The number of rotatable bonds is 4. The largest absolute Gasteiger partial charge is 0.317 e. The fraction of sp³-hybridized carbons (Fsp3) is 0.423. The Labute approximate surface area is 179 Å². The van der Waals surface area contributed by atoms with Gasteiger partial charge in [-0.15, -0.1) is 11.8 Å². The molecular weight excluding hydrogens is 372 g/mol. The topological polar surface area (TPSA) is 17.8 Å². The van der Waals surface area contributed by atoms with Crippen molar-refractivity contribution in [2.75, 3.05) is 6.26 Å². The van der Waals surface area contributed by atoms with Gasteiger partial charge in [0.25, 0.3) is 0 Å². The van der Waals surface area contributed by atoms with Crippen LogP contribution >= 0.6 is 11.8 Å². The number of thioether (sulfide) groups is 1. The first-order chi connectivity index (χ1) is 14.3. The number of hydrogen-bond donors (Lipinski definition) is 0. The van der Waals surface area contributed by atoms with Crippen molar-refractivity contribution in [1.29, 1.82) is 0 Å². The molecular formula is C26H32N2S. The summed E-state index contributed by atoms with van der Waals surface area (Å²) >= 11 is 1.81. The highest BCUT2D eigenvalue weighted by atomic mass is 32.2. The Kier molecular flexibility index (Phi) is 6.15. The van der Waals surface area contributed by atoms with Gasteiger partial charge in [-0.05, 0) is 41.9 Å². The zero-order valence-electron chi connectivity index (χ0n) is 17.9. The van der Waals surface area contributed by atoms with Crippen molar-refractivity contribution < 1.29 is 0 Å². The molecule has 3 aromatic rings. The molecule has 1 aliphatic carbocycles. The van der Waals surface area contributed by atoms with E-state index in [9.17, 15) is 0 Å². The maximum absolute atomic E-state index is 4.74. The highest BCUT2D eigenvalue weighted by Crippen LogP contribution is 2.51. The quantitative estimate of drug-likeness (QED) is 0.422. The number of fused-ring (bicyclic) bond motifs is 3. The normalized spacial score (nSPS) is 20.5. The fourth-order valence-electron chi connectivity index (χ4n) is 5.28. The number of imidazole rings is 1. The van der Waals surface area contributed by atoms with Crippen LogP contribution in [0.1, 0.15) is 63.5 Å². The van der Waals surface area contributed by atoms with Gasteiger partial charge >= 0.3 is 0 Å². The van der Waals surface area contributed by atoms with Crippen molar-refractivity contribution in [2.24, 2.45) is 5.92 Å². The number of aromatic nitrogens is 2. The lowest BCUT2D eigenvalue weighted by Gasteiger charge is -2.38. The second-order valence-corrected chi connectivity index (χ2v) is 8.84. The standard InChI is InChI=1S/C24H26N2S.C2H6/c1-27-20-13-11-19(12-14-20)24(17-18-7-3-2-4-8-18)22-10-6-5-9-21(22)23-25-15-16-26(23)24;1-2/h5-6,9-16,18H,2-4,7-8,17H2,1H3;1-2H3. The van der Waals surface area contributed by atoms with Crippen LogP contribution in [0.4, 0.5) is 0 Å². The molecule has 0 radical (unpaired) electrons. The van der Waals surface area contributed by atoms with E-state index in [0.717, 1.165) is 11.7 Å². The van der Waals surface area contributed by atoms with Gasteiger partial charge in [-0.1, -0.05) is 82.3 Å². The molecule has 0 saturated heterocycles. The fourth-order valence-corrected chi connectivity index (χ4v) is 5.68. The molecule has 152 valence electrons. The van der Waals surface area contributed by atoms with Crippen LogP contribution in [0.3, 0.4) is 0 Å². The van der Waals surface area contributed by atoms with Crippen LogP contribution in [0, 0.1) is 5.92 Å². The second-order valence-electron chi connectivity index (χ2n) is 7.96. The zero-order valence-corrected chi connectivity index (χ0v) is 18.7. The van der Waals surface area contributed by atoms with Crippen LogP contribution in [0.2, 0.25) is 0 Å². The first-order valence-corrected chi connectivity index (χ1v) is 12.3. The monoisotopic (exact) mass is 404 g/mol. The Balaban J connectivity index is 0.000000994. The Morgan fingerprint density at radius 2 is 1.72 bits per heavy atom. The minimum absolute atomic E-state index is 0.124. The van der Waals surface area contributed by atoms with Crippen molar-refractivity contribution in [1.82, 2.24) is 9.55 Å². The van der Waals surface area contributed by atoms with E-state index >= 15 is 0 Å². The van der Waals surface area contributed by atoms with Gasteiger partial charge in [0.05, 0.1) is 5.54 Å². The van der Waals surface area contributed by atoms with E-state index in [0.29, 0.717) is 0 Å². The predicted molar refractivity (Wildman–Crippen MR) is 125 cm³/mol. The Morgan fingerprint density at radius 1 is 1.00 bits per heavy atom. The lowest BCUT2D eigenvalue weighted by atomic mass is 9.73. The summed E-state index contributed by atoms with van der Waals surface area (Å²) in [6.07, 6.45) is 14.4. The van der Waals surface area contributed by atoms with Crippen LogP contribution in [0.15, 0.2) is 65.8 Å². The van der Waals surface area contributed by atoms with Crippen molar-refractivity contribution in [3.8, 4) is 11.4 Å². The molecule has 2 heterocycles. The van der Waals surface area contributed by atoms with E-state index in [2.05, 4.69) is 65.6 Å². The average Bonchev–Trinajstić information content (AvgIpc) is 3.38. The van der Waals surface area contributed by atoms with E-state index < -0.39 is 0 Å². The molecule has 0 N–H and O–H groups in total. The van der Waals surface area contributed by atoms with E-state index in [4.69, 9.17) is 4.98 Å². The van der Waals surface area contributed by atoms with Gasteiger partial charge in [-0.3, -0.25) is 0 Å². The van der Waals surface area contributed by atoms with Gasteiger partial charge in [0.1, 0.15) is 5.82 Å². The summed E-state index contributed by atoms with van der Waals surface area (Å²) in [5.41, 5.74) is 4.00. The first kappa shape index (κ1) is 20.3. The summed E-state index contributed by atoms with van der Waals surface area (Å²) in [5.74, 6) is 1.90. The molecule has 0 amide bonds. The SMILES string of the molecule is CC.CSc1ccc(C2(CC3CCCCC3)c3ccccc3-c3nccn32)cc1. The third kappa shape index (κ3) is 3.44. The highest BCUT2D eigenvalue weighted by molar-refractivity contribution is 7.98. The Morgan fingerprint density at radius 3 is 2.45 bits per heavy atom. The summed E-state index contributed by atoms with van der Waals surface area (Å²) < 4.78 is 2.46. The highest BCUT2D eigenvalue weighted by Gasteiger charge is 2.46. The molecule has 0 spiro atoms. The first-order valence-electron chi connectivity index (χ1n) is 11.1. The van der Waals surface area contributed by atoms with Crippen LogP contribution in [-0.4, -0.2) is 15.8 Å². The molecule has 1 atom stereocenters. The third-order valence-electron chi connectivity index (χ3n) is 6.54. The van der Waals surface area contributed by atoms with Crippen LogP contribution in [0.5, 0.6) is 0 Å². The van der Waals surface area contributed by atoms with Crippen LogP contribution in [0.25, 0.3) is 11.4 Å². The summed E-state index contributed by atoms with van der Waals surface area (Å²) in [7, 11) is 0. The molecule has 2 nitrogen and oxygen atoms in total. The van der Waals surface area contributed by atoms with Gasteiger partial charge in [0.15, 0.2) is 0 Å². The molecule has 1 fully saturated rings. The molecule has 0 bridgehead atoms. The number of nitrogens with zero attached hydrogens (tertiary/aromatic N) is 2. The summed E-state index contributed by atoms with van der Waals surface area (Å²) in [5, 5.41) is 0. The Bertz CT molecular complexity index is 937. The third-order valence-corrected chi connectivity index (χ3v) is 7.29. The molecule has 3 heteroatoms. The van der Waals surface area contributed by atoms with Crippen molar-refractivity contribution in [2.45, 2.75) is 62.8 Å². The van der Waals surface area contributed by atoms with E-state index in [1.54, 1.807) is 0 Å². The maximum atomic E-state index is 4.74. The minimum atomic E-state index is -0.124. The molecule has 5 rings (SSSR count). The van der Waals surface area contributed by atoms with Gasteiger partial charge in [0.2, 0.25) is 0 Å². The molecule has 1 aromatic heterocycles. The molecule has 1 unspecified atom stereocenters.